The van der Waals surface area contributed by atoms with Crippen molar-refractivity contribution in [2.24, 2.45) is 11.8 Å². The molecule has 1 aliphatic heterocycles. The molecule has 122 valence electrons. The lowest BCUT2D eigenvalue weighted by atomic mass is 9.84. The normalized spacial score (nSPS) is 27.3. The van der Waals surface area contributed by atoms with Crippen LogP contribution in [0.2, 0.25) is 0 Å². The average molecular weight is 296 g/mol. The number of ether oxygens (including phenoxy) is 1. The molecule has 1 saturated heterocycles. The maximum atomic E-state index is 11.7. The number of hydrogen-bond donors (Lipinski definition) is 1. The predicted molar refractivity (Wildman–Crippen MR) is 85.2 cm³/mol. The summed E-state index contributed by atoms with van der Waals surface area (Å²) < 4.78 is 5.12. The molecule has 0 aromatic carbocycles. The molecule has 1 aliphatic carbocycles. The monoisotopic (exact) mass is 296 g/mol. The lowest BCUT2D eigenvalue weighted by Crippen LogP contribution is -2.51. The highest BCUT2D eigenvalue weighted by molar-refractivity contribution is 5.69. The molecule has 2 aliphatic rings. The first kappa shape index (κ1) is 16.8. The fraction of sp³-hybridized carbons (Fsp3) is 0.941. The van der Waals surface area contributed by atoms with Crippen LogP contribution in [0.1, 0.15) is 52.4 Å². The van der Waals surface area contributed by atoms with Gasteiger partial charge in [-0.1, -0.05) is 13.3 Å². The molecule has 0 aromatic rings. The van der Waals surface area contributed by atoms with Crippen LogP contribution in [-0.2, 0) is 9.53 Å². The van der Waals surface area contributed by atoms with Crippen molar-refractivity contribution in [1.82, 2.24) is 10.2 Å². The minimum absolute atomic E-state index is 0.0291. The Hall–Kier alpha value is -0.610. The van der Waals surface area contributed by atoms with E-state index in [1.807, 2.05) is 6.92 Å². The molecule has 21 heavy (non-hydrogen) atoms. The van der Waals surface area contributed by atoms with E-state index in [9.17, 15) is 4.79 Å². The summed E-state index contributed by atoms with van der Waals surface area (Å²) in [4.78, 5) is 14.3. The Bertz CT molecular complexity index is 318. The lowest BCUT2D eigenvalue weighted by molar-refractivity contribution is -0.144. The highest BCUT2D eigenvalue weighted by atomic mass is 16.5. The highest BCUT2D eigenvalue weighted by Gasteiger charge is 2.29. The summed E-state index contributed by atoms with van der Waals surface area (Å²) in [6.45, 7) is 9.09. The Morgan fingerprint density at radius 3 is 2.67 bits per heavy atom. The molecule has 2 atom stereocenters. The molecule has 0 spiro atoms. The number of esters is 1. The van der Waals surface area contributed by atoms with E-state index in [-0.39, 0.29) is 5.97 Å². The van der Waals surface area contributed by atoms with Gasteiger partial charge in [0.05, 0.1) is 6.61 Å². The Kier molecular flexibility index (Phi) is 6.97. The quantitative estimate of drug-likeness (QED) is 0.699. The van der Waals surface area contributed by atoms with Crippen molar-refractivity contribution >= 4 is 5.97 Å². The van der Waals surface area contributed by atoms with Gasteiger partial charge in [-0.2, -0.15) is 0 Å². The summed E-state index contributed by atoms with van der Waals surface area (Å²) in [5.74, 6) is 1.32. The van der Waals surface area contributed by atoms with Gasteiger partial charge in [-0.05, 0) is 57.5 Å². The summed E-state index contributed by atoms with van der Waals surface area (Å²) in [7, 11) is 0. The zero-order valence-electron chi connectivity index (χ0n) is 13.8. The molecule has 4 heteroatoms. The molecule has 0 bridgehead atoms. The van der Waals surface area contributed by atoms with Crippen molar-refractivity contribution in [2.45, 2.75) is 58.4 Å². The number of likely N-dealkylation sites (tertiary alicyclic amines) is 1. The molecule has 4 nitrogen and oxygen atoms in total. The summed E-state index contributed by atoms with van der Waals surface area (Å²) in [6, 6.07) is 0.547. The number of nitrogens with zero attached hydrogens (tertiary/aromatic N) is 1. The van der Waals surface area contributed by atoms with Crippen molar-refractivity contribution in [3.63, 3.8) is 0 Å². The van der Waals surface area contributed by atoms with E-state index < -0.39 is 0 Å². The molecule has 0 aromatic heterocycles. The first-order valence-corrected chi connectivity index (χ1v) is 8.82. The van der Waals surface area contributed by atoms with E-state index in [1.165, 1.54) is 25.7 Å². The fourth-order valence-corrected chi connectivity index (χ4v) is 3.58. The number of carbonyl (C=O) groups is 1. The van der Waals surface area contributed by atoms with Crippen LogP contribution in [0.3, 0.4) is 0 Å². The fourth-order valence-electron chi connectivity index (χ4n) is 3.58. The Morgan fingerprint density at radius 2 is 2.05 bits per heavy atom. The molecule has 1 saturated carbocycles. The van der Waals surface area contributed by atoms with Crippen molar-refractivity contribution in [2.75, 3.05) is 32.8 Å². The Balaban J connectivity index is 1.79. The minimum atomic E-state index is -0.0291. The second-order valence-corrected chi connectivity index (χ2v) is 6.77. The van der Waals surface area contributed by atoms with Crippen LogP contribution in [-0.4, -0.2) is 49.7 Å². The van der Waals surface area contributed by atoms with E-state index in [0.29, 0.717) is 25.0 Å². The van der Waals surface area contributed by atoms with Gasteiger partial charge in [-0.3, -0.25) is 4.79 Å². The maximum absolute atomic E-state index is 11.7. The molecule has 2 rings (SSSR count). The smallest absolute Gasteiger partial charge is 0.306 e. The first-order chi connectivity index (χ1) is 10.2. The van der Waals surface area contributed by atoms with Gasteiger partial charge in [-0.15, -0.1) is 0 Å². The number of rotatable bonds is 8. The van der Waals surface area contributed by atoms with Crippen LogP contribution in [0, 0.1) is 11.8 Å². The summed E-state index contributed by atoms with van der Waals surface area (Å²) in [5, 5.41) is 3.75. The van der Waals surface area contributed by atoms with E-state index in [4.69, 9.17) is 4.74 Å². The van der Waals surface area contributed by atoms with Crippen molar-refractivity contribution in [3.8, 4) is 0 Å². The number of carbonyl (C=O) groups excluding carboxylic acids is 1. The second kappa shape index (κ2) is 8.74. The first-order valence-electron chi connectivity index (χ1n) is 8.82. The van der Waals surface area contributed by atoms with E-state index in [1.54, 1.807) is 0 Å². The van der Waals surface area contributed by atoms with E-state index in [2.05, 4.69) is 17.1 Å². The number of nitrogens with one attached hydrogen (secondary N) is 1. The average Bonchev–Trinajstić information content (AvgIpc) is 2.37. The van der Waals surface area contributed by atoms with Crippen LogP contribution in [0.4, 0.5) is 0 Å². The van der Waals surface area contributed by atoms with Gasteiger partial charge < -0.3 is 15.0 Å². The minimum Gasteiger partial charge on any atom is -0.466 e. The zero-order valence-corrected chi connectivity index (χ0v) is 13.8. The molecule has 0 radical (unpaired) electrons. The van der Waals surface area contributed by atoms with Gasteiger partial charge in [-0.25, -0.2) is 0 Å². The molecule has 1 heterocycles. The van der Waals surface area contributed by atoms with Crippen LogP contribution in [0.15, 0.2) is 0 Å². The van der Waals surface area contributed by atoms with Gasteiger partial charge in [0.25, 0.3) is 0 Å². The third-order valence-electron chi connectivity index (χ3n) is 4.83. The number of hydrogen-bond acceptors (Lipinski definition) is 4. The largest absolute Gasteiger partial charge is 0.466 e. The second-order valence-electron chi connectivity index (χ2n) is 6.77. The lowest BCUT2D eigenvalue weighted by Gasteiger charge is -2.39. The van der Waals surface area contributed by atoms with E-state index >= 15 is 0 Å². The van der Waals surface area contributed by atoms with Crippen molar-refractivity contribution in [3.05, 3.63) is 0 Å². The molecule has 2 unspecified atom stereocenters. The highest BCUT2D eigenvalue weighted by Crippen LogP contribution is 2.26. The third-order valence-corrected chi connectivity index (χ3v) is 4.83. The van der Waals surface area contributed by atoms with Gasteiger partial charge in [0.1, 0.15) is 0 Å². The van der Waals surface area contributed by atoms with Gasteiger partial charge in [0, 0.05) is 25.6 Å². The summed E-state index contributed by atoms with van der Waals surface area (Å²) in [6.07, 6.45) is 7.07. The van der Waals surface area contributed by atoms with Gasteiger partial charge in [0.15, 0.2) is 0 Å². The Morgan fingerprint density at radius 1 is 1.24 bits per heavy atom. The van der Waals surface area contributed by atoms with Crippen LogP contribution >= 0.6 is 0 Å². The molecule has 0 amide bonds. The van der Waals surface area contributed by atoms with Crippen LogP contribution in [0.25, 0.3) is 0 Å². The van der Waals surface area contributed by atoms with Crippen LogP contribution in [0.5, 0.6) is 0 Å². The molecule has 2 fully saturated rings. The van der Waals surface area contributed by atoms with Crippen molar-refractivity contribution in [1.29, 1.82) is 0 Å². The van der Waals surface area contributed by atoms with E-state index in [0.717, 1.165) is 38.5 Å². The zero-order chi connectivity index (χ0) is 15.1. The van der Waals surface area contributed by atoms with Gasteiger partial charge in [0.2, 0.25) is 0 Å². The third kappa shape index (κ3) is 5.59. The topological polar surface area (TPSA) is 41.6 Å². The van der Waals surface area contributed by atoms with Crippen molar-refractivity contribution < 1.29 is 9.53 Å². The summed E-state index contributed by atoms with van der Waals surface area (Å²) >= 11 is 0. The Labute approximate surface area is 129 Å². The SMILES string of the molecule is CCCN1CC(CC(=O)OCC)CC(NCC2CCC2)C1. The predicted octanol–water partition coefficient (Wildman–Crippen LogP) is 2.43. The standard InChI is InChI=1S/C17H32N2O2/c1-3-8-19-12-15(10-17(20)21-4-2)9-16(13-19)18-11-14-6-5-7-14/h14-16,18H,3-13H2,1-2H3. The summed E-state index contributed by atoms with van der Waals surface area (Å²) in [5.41, 5.74) is 0. The maximum Gasteiger partial charge on any atom is 0.306 e. The molecular formula is C17H32N2O2. The molecule has 1 N–H and O–H groups in total. The van der Waals surface area contributed by atoms with Gasteiger partial charge >= 0.3 is 5.97 Å². The van der Waals surface area contributed by atoms with Crippen LogP contribution < -0.4 is 5.32 Å². The number of piperidine rings is 1. The molecular weight excluding hydrogens is 264 g/mol.